The molecule has 7 heteroatoms. The Kier molecular flexibility index (Phi) is 5.90. The van der Waals surface area contributed by atoms with Crippen LogP contribution in [0, 0.1) is 0 Å². The molecular formula is C23H24N4O3. The van der Waals surface area contributed by atoms with E-state index in [1.54, 1.807) is 11.0 Å². The van der Waals surface area contributed by atoms with E-state index in [2.05, 4.69) is 15.2 Å². The zero-order valence-electron chi connectivity index (χ0n) is 16.6. The van der Waals surface area contributed by atoms with E-state index in [1.807, 2.05) is 54.6 Å². The van der Waals surface area contributed by atoms with Gasteiger partial charge in [-0.2, -0.15) is 0 Å². The van der Waals surface area contributed by atoms with Crippen molar-refractivity contribution in [1.29, 1.82) is 0 Å². The Morgan fingerprint density at radius 3 is 2.43 bits per heavy atom. The zero-order valence-corrected chi connectivity index (χ0v) is 16.6. The number of nitrogens with zero attached hydrogens (tertiary/aromatic N) is 3. The Balaban J connectivity index is 1.38. The number of carbonyl (C=O) groups is 2. The Morgan fingerprint density at radius 1 is 1.00 bits per heavy atom. The summed E-state index contributed by atoms with van der Waals surface area (Å²) in [5, 5.41) is 13.2. The number of amides is 2. The lowest BCUT2D eigenvalue weighted by Crippen LogP contribution is -2.56. The van der Waals surface area contributed by atoms with Crippen LogP contribution in [0.25, 0.3) is 10.9 Å². The van der Waals surface area contributed by atoms with Crippen LogP contribution < -0.4 is 10.2 Å². The predicted octanol–water partition coefficient (Wildman–Crippen LogP) is 1.67. The van der Waals surface area contributed by atoms with E-state index in [0.29, 0.717) is 31.7 Å². The molecule has 4 rings (SSSR count). The van der Waals surface area contributed by atoms with Gasteiger partial charge in [0.05, 0.1) is 17.7 Å². The van der Waals surface area contributed by atoms with Gasteiger partial charge >= 0.3 is 0 Å². The first kappa shape index (κ1) is 19.8. The van der Waals surface area contributed by atoms with Crippen LogP contribution in [0.1, 0.15) is 10.4 Å². The molecule has 7 nitrogen and oxygen atoms in total. The number of hydrogen-bond acceptors (Lipinski definition) is 5. The lowest BCUT2D eigenvalue weighted by atomic mass is 10.1. The molecule has 1 atom stereocenters. The molecule has 1 unspecified atom stereocenters. The minimum absolute atomic E-state index is 0.271. The summed E-state index contributed by atoms with van der Waals surface area (Å²) >= 11 is 0. The Hall–Kier alpha value is -3.45. The number of hydrogen-bond donors (Lipinski definition) is 2. The molecule has 1 aromatic heterocycles. The Labute approximate surface area is 174 Å². The predicted molar refractivity (Wildman–Crippen MR) is 115 cm³/mol. The Morgan fingerprint density at radius 2 is 1.70 bits per heavy atom. The lowest BCUT2D eigenvalue weighted by Gasteiger charge is -2.37. The summed E-state index contributed by atoms with van der Waals surface area (Å²) in [6, 6.07) is 18.3. The maximum atomic E-state index is 12.9. The van der Waals surface area contributed by atoms with Crippen molar-refractivity contribution in [2.75, 3.05) is 37.7 Å². The van der Waals surface area contributed by atoms with Gasteiger partial charge < -0.3 is 20.2 Å². The largest absolute Gasteiger partial charge is 0.394 e. The summed E-state index contributed by atoms with van der Waals surface area (Å²) in [5.74, 6) is -0.698. The highest BCUT2D eigenvalue weighted by Gasteiger charge is 2.28. The number of aliphatic hydroxyl groups is 1. The molecule has 1 aliphatic heterocycles. The SMILES string of the molecule is O=C(NC(CO)C(=O)N1CCN(c2ccccc2)CC1)c1cnc2ccccc2c1. The number of benzene rings is 2. The van der Waals surface area contributed by atoms with Gasteiger partial charge in [-0.1, -0.05) is 36.4 Å². The van der Waals surface area contributed by atoms with Crippen molar-refractivity contribution in [2.45, 2.75) is 6.04 Å². The summed E-state index contributed by atoms with van der Waals surface area (Å²) in [4.78, 5) is 33.7. The van der Waals surface area contributed by atoms with Crippen molar-refractivity contribution in [3.63, 3.8) is 0 Å². The summed E-state index contributed by atoms with van der Waals surface area (Å²) in [6.07, 6.45) is 1.48. The van der Waals surface area contributed by atoms with Crippen molar-refractivity contribution < 1.29 is 14.7 Å². The molecular weight excluding hydrogens is 380 g/mol. The first-order valence-electron chi connectivity index (χ1n) is 10.0. The minimum atomic E-state index is -0.979. The van der Waals surface area contributed by atoms with E-state index in [9.17, 15) is 14.7 Å². The van der Waals surface area contributed by atoms with E-state index < -0.39 is 18.6 Å². The van der Waals surface area contributed by atoms with Crippen molar-refractivity contribution in [3.8, 4) is 0 Å². The minimum Gasteiger partial charge on any atom is -0.394 e. The summed E-state index contributed by atoms with van der Waals surface area (Å²) < 4.78 is 0. The van der Waals surface area contributed by atoms with E-state index >= 15 is 0 Å². The molecule has 2 aromatic carbocycles. The van der Waals surface area contributed by atoms with E-state index in [4.69, 9.17) is 0 Å². The van der Waals surface area contributed by atoms with Crippen LogP contribution >= 0.6 is 0 Å². The highest BCUT2D eigenvalue weighted by Crippen LogP contribution is 2.16. The number of piperazine rings is 1. The highest BCUT2D eigenvalue weighted by atomic mass is 16.3. The van der Waals surface area contributed by atoms with Crippen LogP contribution in [0.3, 0.4) is 0 Å². The molecule has 1 aliphatic rings. The number of fused-ring (bicyclic) bond motifs is 1. The fourth-order valence-corrected chi connectivity index (χ4v) is 3.67. The van der Waals surface area contributed by atoms with Crippen LogP contribution in [0.4, 0.5) is 5.69 Å². The second-order valence-electron chi connectivity index (χ2n) is 7.27. The van der Waals surface area contributed by atoms with Crippen LogP contribution in [0.2, 0.25) is 0 Å². The number of pyridine rings is 1. The molecule has 1 saturated heterocycles. The fourth-order valence-electron chi connectivity index (χ4n) is 3.67. The third-order valence-corrected chi connectivity index (χ3v) is 5.35. The topological polar surface area (TPSA) is 85.8 Å². The second-order valence-corrected chi connectivity index (χ2v) is 7.27. The number of aromatic nitrogens is 1. The van der Waals surface area contributed by atoms with Gasteiger partial charge in [0.2, 0.25) is 5.91 Å². The number of nitrogens with one attached hydrogen (secondary N) is 1. The van der Waals surface area contributed by atoms with Gasteiger partial charge in [-0.05, 0) is 24.3 Å². The molecule has 2 amide bonds. The first-order chi connectivity index (χ1) is 14.7. The van der Waals surface area contributed by atoms with Gasteiger partial charge in [-0.25, -0.2) is 0 Å². The third kappa shape index (κ3) is 4.26. The summed E-state index contributed by atoms with van der Waals surface area (Å²) in [7, 11) is 0. The van der Waals surface area contributed by atoms with Crippen molar-refractivity contribution in [2.24, 2.45) is 0 Å². The standard InChI is InChI=1S/C23H24N4O3/c28-16-21(25-22(29)18-14-17-6-4-5-9-20(17)24-15-18)23(30)27-12-10-26(11-13-27)19-7-2-1-3-8-19/h1-9,14-15,21,28H,10-13,16H2,(H,25,29). The van der Waals surface area contributed by atoms with Crippen LogP contribution in [0.15, 0.2) is 66.9 Å². The number of rotatable bonds is 5. The number of carbonyl (C=O) groups excluding carboxylic acids is 2. The van der Waals surface area contributed by atoms with E-state index in [1.165, 1.54) is 6.20 Å². The highest BCUT2D eigenvalue weighted by molar-refractivity contribution is 5.99. The molecule has 154 valence electrons. The molecule has 0 spiro atoms. The van der Waals surface area contributed by atoms with Gasteiger partial charge in [0.1, 0.15) is 6.04 Å². The van der Waals surface area contributed by atoms with Crippen molar-refractivity contribution >= 4 is 28.4 Å². The number of para-hydroxylation sites is 2. The molecule has 2 heterocycles. The van der Waals surface area contributed by atoms with Gasteiger partial charge in [-0.3, -0.25) is 14.6 Å². The third-order valence-electron chi connectivity index (χ3n) is 5.35. The van der Waals surface area contributed by atoms with E-state index in [-0.39, 0.29) is 5.91 Å². The molecule has 1 fully saturated rings. The fraction of sp³-hybridized carbons (Fsp3) is 0.261. The maximum Gasteiger partial charge on any atom is 0.253 e. The average Bonchev–Trinajstić information content (AvgIpc) is 2.82. The zero-order chi connectivity index (χ0) is 20.9. The molecule has 2 N–H and O–H groups in total. The van der Waals surface area contributed by atoms with Crippen molar-refractivity contribution in [1.82, 2.24) is 15.2 Å². The monoisotopic (exact) mass is 404 g/mol. The van der Waals surface area contributed by atoms with Gasteiger partial charge in [-0.15, -0.1) is 0 Å². The molecule has 0 bridgehead atoms. The number of aliphatic hydroxyl groups excluding tert-OH is 1. The summed E-state index contributed by atoms with van der Waals surface area (Å²) in [5.41, 5.74) is 2.27. The van der Waals surface area contributed by atoms with Crippen LogP contribution in [-0.2, 0) is 4.79 Å². The second kappa shape index (κ2) is 8.92. The smallest absolute Gasteiger partial charge is 0.253 e. The average molecular weight is 404 g/mol. The summed E-state index contributed by atoms with van der Waals surface area (Å²) in [6.45, 7) is 2.03. The normalized spacial score (nSPS) is 15.1. The molecule has 3 aromatic rings. The molecule has 0 radical (unpaired) electrons. The van der Waals surface area contributed by atoms with E-state index in [0.717, 1.165) is 16.6 Å². The van der Waals surface area contributed by atoms with Gasteiger partial charge in [0.15, 0.2) is 0 Å². The Bertz CT molecular complexity index is 1030. The van der Waals surface area contributed by atoms with Crippen LogP contribution in [0.5, 0.6) is 0 Å². The molecule has 0 aliphatic carbocycles. The molecule has 30 heavy (non-hydrogen) atoms. The van der Waals surface area contributed by atoms with Crippen molar-refractivity contribution in [3.05, 3.63) is 72.4 Å². The lowest BCUT2D eigenvalue weighted by molar-refractivity contribution is -0.134. The first-order valence-corrected chi connectivity index (χ1v) is 10.0. The maximum absolute atomic E-state index is 12.9. The van der Waals surface area contributed by atoms with Crippen LogP contribution in [-0.4, -0.2) is 65.6 Å². The van der Waals surface area contributed by atoms with Gasteiger partial charge in [0, 0.05) is 43.4 Å². The van der Waals surface area contributed by atoms with Gasteiger partial charge in [0.25, 0.3) is 5.91 Å². The quantitative estimate of drug-likeness (QED) is 0.676. The number of anilines is 1. The molecule has 0 saturated carbocycles.